The van der Waals surface area contributed by atoms with Crippen molar-refractivity contribution in [2.24, 2.45) is 0 Å². The fourth-order valence-corrected chi connectivity index (χ4v) is 6.58. The Labute approximate surface area is 226 Å². The van der Waals surface area contributed by atoms with Crippen molar-refractivity contribution in [2.45, 2.75) is 31.4 Å². The summed E-state index contributed by atoms with van der Waals surface area (Å²) in [5.74, 6) is 2.60. The number of quaternary nitrogens is 1. The normalized spacial score (nSPS) is 23.2. The molecule has 4 aliphatic rings. The average molecular weight is 541 g/mol. The molecular weight excluding hydrogens is 510 g/mol. The molecule has 0 spiro atoms. The van der Waals surface area contributed by atoms with Crippen molar-refractivity contribution in [1.82, 2.24) is 0 Å². The highest BCUT2D eigenvalue weighted by atomic mass is 35.5. The van der Waals surface area contributed by atoms with Gasteiger partial charge in [0.15, 0.2) is 29.4 Å². The van der Waals surface area contributed by atoms with Gasteiger partial charge in [0, 0.05) is 23.4 Å². The Morgan fingerprint density at radius 1 is 0.947 bits per heavy atom. The molecule has 0 saturated carbocycles. The molecule has 9 heteroatoms. The van der Waals surface area contributed by atoms with Crippen LogP contribution in [-0.2, 0) is 25.4 Å². The number of hydrogen-bond acceptors (Lipinski definition) is 7. The number of carbonyl (C=O) groups is 1. The van der Waals surface area contributed by atoms with Gasteiger partial charge in [-0.25, -0.2) is 4.79 Å². The minimum Gasteiger partial charge on any atom is -0.497 e. The molecule has 2 unspecified atom stereocenters. The van der Waals surface area contributed by atoms with E-state index < -0.39 is 6.10 Å². The van der Waals surface area contributed by atoms with Crippen LogP contribution in [0.25, 0.3) is 11.1 Å². The minimum atomic E-state index is -0.498. The van der Waals surface area contributed by atoms with Gasteiger partial charge in [0.1, 0.15) is 11.3 Å². The summed E-state index contributed by atoms with van der Waals surface area (Å²) >= 11 is 6.22. The lowest BCUT2D eigenvalue weighted by molar-refractivity contribution is -0.926. The molecule has 0 N–H and O–H groups in total. The van der Waals surface area contributed by atoms with E-state index in [1.54, 1.807) is 21.3 Å². The van der Waals surface area contributed by atoms with Crippen LogP contribution in [0.1, 0.15) is 30.0 Å². The van der Waals surface area contributed by atoms with Crippen molar-refractivity contribution in [2.75, 3.05) is 48.8 Å². The average Bonchev–Trinajstić information content (AvgIpc) is 3.52. The van der Waals surface area contributed by atoms with Gasteiger partial charge in [-0.2, -0.15) is 0 Å². The van der Waals surface area contributed by atoms with E-state index in [4.69, 9.17) is 40.0 Å². The molecule has 0 aromatic heterocycles. The van der Waals surface area contributed by atoms with Crippen molar-refractivity contribution in [3.63, 3.8) is 0 Å². The van der Waals surface area contributed by atoms with Crippen molar-refractivity contribution in [3.05, 3.63) is 63.1 Å². The van der Waals surface area contributed by atoms with Gasteiger partial charge in [-0.1, -0.05) is 23.7 Å². The van der Waals surface area contributed by atoms with Gasteiger partial charge in [-0.3, -0.25) is 0 Å². The maximum Gasteiger partial charge on any atom is 0.343 e. The molecule has 2 atom stereocenters. The molecule has 38 heavy (non-hydrogen) atoms. The number of esters is 1. The molecule has 3 heterocycles. The summed E-state index contributed by atoms with van der Waals surface area (Å²) in [7, 11) is 9.14. The number of hydrogen-bond donors (Lipinski definition) is 0. The summed E-state index contributed by atoms with van der Waals surface area (Å²) in [5, 5.41) is 0.660. The van der Waals surface area contributed by atoms with Crippen LogP contribution in [0, 0.1) is 0 Å². The van der Waals surface area contributed by atoms with Gasteiger partial charge in [-0.15, -0.1) is 0 Å². The number of fused-ring (bicyclic) bond motifs is 2. The van der Waals surface area contributed by atoms with Crippen LogP contribution >= 0.6 is 11.6 Å². The Hall–Kier alpha value is -3.36. The molecule has 0 fully saturated rings. The Morgan fingerprint density at radius 2 is 1.68 bits per heavy atom. The topological polar surface area (TPSA) is 72.5 Å². The summed E-state index contributed by atoms with van der Waals surface area (Å²) in [4.78, 5) is 13.3. The third-order valence-electron chi connectivity index (χ3n) is 8.18. The molecule has 3 aliphatic heterocycles. The van der Waals surface area contributed by atoms with Crippen LogP contribution in [-0.4, -0.2) is 65.3 Å². The van der Waals surface area contributed by atoms with Gasteiger partial charge in [-0.05, 0) is 35.3 Å². The van der Waals surface area contributed by atoms with Crippen molar-refractivity contribution >= 4 is 17.6 Å². The Morgan fingerprint density at radius 3 is 2.37 bits per heavy atom. The highest BCUT2D eigenvalue weighted by Crippen LogP contribution is 2.58. The molecule has 1 aliphatic carbocycles. The Balaban J connectivity index is 1.60. The number of likely N-dealkylation sites (N-methyl/N-ethyl adjacent to an activating group) is 1. The summed E-state index contributed by atoms with van der Waals surface area (Å²) in [6.07, 6.45) is 1.56. The van der Waals surface area contributed by atoms with Gasteiger partial charge in [0.05, 0.1) is 47.5 Å². The third-order valence-corrected chi connectivity index (χ3v) is 8.44. The van der Waals surface area contributed by atoms with E-state index in [0.29, 0.717) is 56.7 Å². The second kappa shape index (κ2) is 9.13. The molecule has 0 saturated heterocycles. The van der Waals surface area contributed by atoms with Crippen LogP contribution in [0.2, 0.25) is 5.02 Å². The molecule has 2 aromatic carbocycles. The van der Waals surface area contributed by atoms with Crippen molar-refractivity contribution in [1.29, 1.82) is 0 Å². The predicted octanol–water partition coefficient (Wildman–Crippen LogP) is 4.94. The fourth-order valence-electron chi connectivity index (χ4n) is 6.46. The number of cyclic esters (lactones) is 1. The largest absolute Gasteiger partial charge is 0.497 e. The minimum absolute atomic E-state index is 0.105. The lowest BCUT2D eigenvalue weighted by Crippen LogP contribution is -2.53. The number of nitrogens with zero attached hydrogens (tertiary/aromatic N) is 1. The Kier molecular flexibility index (Phi) is 6.00. The highest BCUT2D eigenvalue weighted by Gasteiger charge is 2.54. The molecule has 0 radical (unpaired) electrons. The summed E-state index contributed by atoms with van der Waals surface area (Å²) in [6.45, 7) is 0.932. The van der Waals surface area contributed by atoms with E-state index in [1.807, 2.05) is 24.3 Å². The maximum atomic E-state index is 13.3. The molecule has 8 nitrogen and oxygen atoms in total. The van der Waals surface area contributed by atoms with Crippen LogP contribution in [0.5, 0.6) is 17.2 Å². The molecule has 6 rings (SSSR count). The van der Waals surface area contributed by atoms with Crippen molar-refractivity contribution < 1.29 is 37.7 Å². The molecule has 200 valence electrons. The number of ether oxygens (including phenoxy) is 6. The first-order valence-electron chi connectivity index (χ1n) is 12.7. The van der Waals surface area contributed by atoms with E-state index in [0.717, 1.165) is 40.8 Å². The maximum absolute atomic E-state index is 13.3. The molecule has 2 aromatic rings. The van der Waals surface area contributed by atoms with Crippen LogP contribution < -0.4 is 14.2 Å². The first kappa shape index (κ1) is 24.9. The summed E-state index contributed by atoms with van der Waals surface area (Å²) in [6, 6.07) is 7.50. The van der Waals surface area contributed by atoms with E-state index in [1.165, 1.54) is 0 Å². The summed E-state index contributed by atoms with van der Waals surface area (Å²) < 4.78 is 36.0. The van der Waals surface area contributed by atoms with Crippen LogP contribution in [0.15, 0.2) is 46.9 Å². The fraction of sp³-hybridized carbons (Fsp3) is 0.414. The van der Waals surface area contributed by atoms with Gasteiger partial charge in [0.25, 0.3) is 0 Å². The zero-order chi connectivity index (χ0) is 26.8. The molecular formula is C29H31ClNO7+. The second-order valence-corrected chi connectivity index (χ2v) is 10.9. The molecule has 0 bridgehead atoms. The zero-order valence-corrected chi connectivity index (χ0v) is 22.9. The Bertz CT molecular complexity index is 1390. The SMILES string of the molecule is COC1=C(OC)C2=C(CC1)C(C1c3c(c(-c4ccc(Cl)cc4)c4c(c3OC)OCO4)CC[N+]1(C)C)OC2=O. The predicted molar refractivity (Wildman–Crippen MR) is 140 cm³/mol. The number of halogens is 1. The monoisotopic (exact) mass is 540 g/mol. The molecule has 0 amide bonds. The van der Waals surface area contributed by atoms with E-state index >= 15 is 0 Å². The third kappa shape index (κ3) is 3.57. The lowest BCUT2D eigenvalue weighted by atomic mass is 9.79. The van der Waals surface area contributed by atoms with E-state index in [2.05, 4.69) is 14.1 Å². The standard InChI is InChI=1S/C29H31ClNO7/c1-31(2)13-12-17-20(15-6-8-16(30)9-7-15)27-28(37-14-36-27)26(35-5)21(17)23(31)24-18-10-11-19(33-3)25(34-4)22(18)29(32)38-24/h6-9,23-24H,10-14H2,1-5H3/q+1. The second-order valence-electron chi connectivity index (χ2n) is 10.5. The number of allylic oxidation sites excluding steroid dienone is 1. The smallest absolute Gasteiger partial charge is 0.343 e. The summed E-state index contributed by atoms with van der Waals surface area (Å²) in [5.41, 5.74) is 5.45. The van der Waals surface area contributed by atoms with Gasteiger partial charge in [0.2, 0.25) is 12.5 Å². The zero-order valence-electron chi connectivity index (χ0n) is 22.2. The van der Waals surface area contributed by atoms with Crippen molar-refractivity contribution in [3.8, 4) is 28.4 Å². The lowest BCUT2D eigenvalue weighted by Gasteiger charge is -2.46. The quantitative estimate of drug-likeness (QED) is 0.393. The number of benzene rings is 2. The van der Waals surface area contributed by atoms with Crippen LogP contribution in [0.3, 0.4) is 0 Å². The number of methoxy groups -OCH3 is 3. The number of rotatable bonds is 5. The van der Waals surface area contributed by atoms with E-state index in [-0.39, 0.29) is 18.8 Å². The first-order chi connectivity index (χ1) is 18.3. The highest BCUT2D eigenvalue weighted by molar-refractivity contribution is 6.30. The number of carbonyl (C=O) groups excluding carboxylic acids is 1. The van der Waals surface area contributed by atoms with Crippen LogP contribution in [0.4, 0.5) is 0 Å². The van der Waals surface area contributed by atoms with Gasteiger partial charge >= 0.3 is 5.97 Å². The van der Waals surface area contributed by atoms with Gasteiger partial charge < -0.3 is 32.9 Å². The first-order valence-corrected chi connectivity index (χ1v) is 13.0. The van der Waals surface area contributed by atoms with E-state index in [9.17, 15) is 4.79 Å².